The highest BCUT2D eigenvalue weighted by molar-refractivity contribution is 7.18. The molecule has 0 aliphatic rings. The first-order valence-electron chi connectivity index (χ1n) is 5.75. The van der Waals surface area contributed by atoms with E-state index in [-0.39, 0.29) is 12.3 Å². The summed E-state index contributed by atoms with van der Waals surface area (Å²) in [7, 11) is 1.51. The molecule has 4 N–H and O–H groups in total. The summed E-state index contributed by atoms with van der Waals surface area (Å²) in [4.78, 5) is 11.8. The Morgan fingerprint density at radius 2 is 2.11 bits per heavy atom. The number of hydrogen-bond acceptors (Lipinski definition) is 4. The average molecular weight is 295 g/mol. The highest BCUT2D eigenvalue weighted by atomic mass is 32.1. The number of rotatable bonds is 6. The first-order chi connectivity index (χ1) is 8.83. The van der Waals surface area contributed by atoms with Gasteiger partial charge in [-0.05, 0) is 18.9 Å². The number of nitrogens with one attached hydrogen (secondary N) is 2. The summed E-state index contributed by atoms with van der Waals surface area (Å²) in [5.41, 5.74) is 6.03. The van der Waals surface area contributed by atoms with Crippen LogP contribution >= 0.6 is 11.3 Å². The lowest BCUT2D eigenvalue weighted by molar-refractivity contribution is -0.135. The van der Waals surface area contributed by atoms with E-state index in [1.807, 2.05) is 0 Å². The molecule has 1 amide bonds. The van der Waals surface area contributed by atoms with Gasteiger partial charge in [0.2, 0.25) is 0 Å². The molecule has 0 spiro atoms. The van der Waals surface area contributed by atoms with E-state index in [0.29, 0.717) is 28.5 Å². The zero-order chi connectivity index (χ0) is 14.5. The van der Waals surface area contributed by atoms with Crippen LogP contribution in [0.1, 0.15) is 28.9 Å². The molecule has 0 bridgehead atoms. The SMILES string of the molecule is CNC(=O)c1sc(NCCCCC(F)(F)F)cc1N. The standard InChI is InChI=1S/C11H16F3N3OS/c1-16-10(18)9-7(15)6-8(19-9)17-5-3-2-4-11(12,13)14/h6,17H,2-5,15H2,1H3,(H,16,18). The van der Waals surface area contributed by atoms with Crippen molar-refractivity contribution in [2.24, 2.45) is 0 Å². The zero-order valence-corrected chi connectivity index (χ0v) is 11.3. The summed E-state index contributed by atoms with van der Waals surface area (Å²) >= 11 is 1.19. The van der Waals surface area contributed by atoms with Gasteiger partial charge in [0.1, 0.15) is 4.88 Å². The minimum Gasteiger partial charge on any atom is -0.397 e. The molecule has 0 fully saturated rings. The largest absolute Gasteiger partial charge is 0.397 e. The molecule has 1 aromatic heterocycles. The second-order valence-electron chi connectivity index (χ2n) is 3.97. The molecule has 0 atom stereocenters. The fourth-order valence-electron chi connectivity index (χ4n) is 1.45. The third-order valence-corrected chi connectivity index (χ3v) is 3.49. The monoisotopic (exact) mass is 295 g/mol. The summed E-state index contributed by atoms with van der Waals surface area (Å²) in [6.45, 7) is 0.420. The second kappa shape index (κ2) is 6.65. The Hall–Kier alpha value is -1.44. The molecule has 8 heteroatoms. The Labute approximate surface area is 113 Å². The molecule has 0 aliphatic heterocycles. The summed E-state index contributed by atoms with van der Waals surface area (Å²) in [5.74, 6) is -0.271. The number of alkyl halides is 3. The zero-order valence-electron chi connectivity index (χ0n) is 10.4. The maximum atomic E-state index is 11.9. The van der Waals surface area contributed by atoms with Crippen LogP contribution < -0.4 is 16.4 Å². The molecule has 0 unspecified atom stereocenters. The number of thiophene rings is 1. The topological polar surface area (TPSA) is 67.2 Å². The van der Waals surface area contributed by atoms with Crippen LogP contribution in [0.5, 0.6) is 0 Å². The number of nitrogen functional groups attached to an aromatic ring is 1. The van der Waals surface area contributed by atoms with Crippen molar-refractivity contribution in [3.05, 3.63) is 10.9 Å². The molecular weight excluding hydrogens is 279 g/mol. The molecule has 0 saturated carbocycles. The number of nitrogens with two attached hydrogens (primary N) is 1. The Morgan fingerprint density at radius 1 is 1.42 bits per heavy atom. The maximum Gasteiger partial charge on any atom is 0.389 e. The van der Waals surface area contributed by atoms with Crippen molar-refractivity contribution < 1.29 is 18.0 Å². The summed E-state index contributed by atoms with van der Waals surface area (Å²) in [6, 6.07) is 1.61. The number of halogens is 3. The number of unbranched alkanes of at least 4 members (excludes halogenated alkanes) is 1. The van der Waals surface area contributed by atoms with Crippen LogP contribution in [-0.2, 0) is 0 Å². The molecule has 108 valence electrons. The van der Waals surface area contributed by atoms with Gasteiger partial charge in [-0.3, -0.25) is 4.79 Å². The number of anilines is 2. The summed E-state index contributed by atoms with van der Waals surface area (Å²) in [6.07, 6.45) is -4.38. The van der Waals surface area contributed by atoms with E-state index in [2.05, 4.69) is 10.6 Å². The predicted octanol–water partition coefficient (Wildman–Crippen LogP) is 2.83. The van der Waals surface area contributed by atoms with Crippen LogP contribution in [0, 0.1) is 0 Å². The van der Waals surface area contributed by atoms with Gasteiger partial charge in [-0.25, -0.2) is 0 Å². The maximum absolute atomic E-state index is 11.9. The Kier molecular flexibility index (Phi) is 5.46. The van der Waals surface area contributed by atoms with Gasteiger partial charge < -0.3 is 16.4 Å². The van der Waals surface area contributed by atoms with Crippen LogP contribution in [0.15, 0.2) is 6.07 Å². The first-order valence-corrected chi connectivity index (χ1v) is 6.57. The normalized spacial score (nSPS) is 11.4. The molecular formula is C11H16F3N3OS. The Bertz CT molecular complexity index is 431. The van der Waals surface area contributed by atoms with Gasteiger partial charge in [-0.15, -0.1) is 11.3 Å². The van der Waals surface area contributed by atoms with Crippen LogP contribution in [0.3, 0.4) is 0 Å². The lowest BCUT2D eigenvalue weighted by Crippen LogP contribution is -2.17. The van der Waals surface area contributed by atoms with Gasteiger partial charge in [-0.2, -0.15) is 13.2 Å². The molecule has 1 heterocycles. The Morgan fingerprint density at radius 3 is 2.68 bits per heavy atom. The van der Waals surface area contributed by atoms with Crippen molar-refractivity contribution in [3.8, 4) is 0 Å². The summed E-state index contributed by atoms with van der Waals surface area (Å²) < 4.78 is 35.7. The van der Waals surface area contributed by atoms with Crippen molar-refractivity contribution >= 4 is 27.9 Å². The number of amides is 1. The van der Waals surface area contributed by atoms with E-state index in [1.54, 1.807) is 6.07 Å². The van der Waals surface area contributed by atoms with Gasteiger partial charge in [-0.1, -0.05) is 0 Å². The van der Waals surface area contributed by atoms with Crippen molar-refractivity contribution in [2.45, 2.75) is 25.4 Å². The molecule has 19 heavy (non-hydrogen) atoms. The predicted molar refractivity (Wildman–Crippen MR) is 70.5 cm³/mol. The van der Waals surface area contributed by atoms with Crippen LogP contribution in [0.25, 0.3) is 0 Å². The van der Waals surface area contributed by atoms with E-state index in [4.69, 9.17) is 5.73 Å². The minimum absolute atomic E-state index is 0.0830. The highest BCUT2D eigenvalue weighted by Gasteiger charge is 2.25. The van der Waals surface area contributed by atoms with Crippen LogP contribution in [0.4, 0.5) is 23.9 Å². The van der Waals surface area contributed by atoms with Crippen molar-refractivity contribution in [1.82, 2.24) is 5.32 Å². The first kappa shape index (κ1) is 15.6. The quantitative estimate of drug-likeness (QED) is 0.707. The van der Waals surface area contributed by atoms with E-state index >= 15 is 0 Å². The van der Waals surface area contributed by atoms with Gasteiger partial charge >= 0.3 is 6.18 Å². The molecule has 0 saturated heterocycles. The van der Waals surface area contributed by atoms with Crippen molar-refractivity contribution in [2.75, 3.05) is 24.6 Å². The van der Waals surface area contributed by atoms with E-state index in [9.17, 15) is 18.0 Å². The third kappa shape index (κ3) is 5.37. The van der Waals surface area contributed by atoms with Crippen molar-refractivity contribution in [3.63, 3.8) is 0 Å². The van der Waals surface area contributed by atoms with E-state index < -0.39 is 12.6 Å². The van der Waals surface area contributed by atoms with Gasteiger partial charge in [0.15, 0.2) is 0 Å². The average Bonchev–Trinajstić information content (AvgIpc) is 2.67. The highest BCUT2D eigenvalue weighted by Crippen LogP contribution is 2.29. The lowest BCUT2D eigenvalue weighted by Gasteiger charge is -2.06. The minimum atomic E-state index is -4.10. The molecule has 4 nitrogen and oxygen atoms in total. The fourth-order valence-corrected chi connectivity index (χ4v) is 2.40. The number of carbonyl (C=O) groups excluding carboxylic acids is 1. The van der Waals surface area contributed by atoms with Crippen LogP contribution in [-0.4, -0.2) is 25.7 Å². The number of hydrogen-bond donors (Lipinski definition) is 3. The lowest BCUT2D eigenvalue weighted by atomic mass is 10.2. The molecule has 1 aromatic rings. The van der Waals surface area contributed by atoms with Crippen LogP contribution in [0.2, 0.25) is 0 Å². The van der Waals surface area contributed by atoms with E-state index in [1.165, 1.54) is 18.4 Å². The fraction of sp³-hybridized carbons (Fsp3) is 0.545. The molecule has 1 rings (SSSR count). The second-order valence-corrected chi connectivity index (χ2v) is 5.03. The van der Waals surface area contributed by atoms with Gasteiger partial charge in [0.25, 0.3) is 5.91 Å². The van der Waals surface area contributed by atoms with E-state index in [0.717, 1.165) is 0 Å². The van der Waals surface area contributed by atoms with Gasteiger partial charge in [0, 0.05) is 20.0 Å². The molecule has 0 aliphatic carbocycles. The molecule has 0 radical (unpaired) electrons. The third-order valence-electron chi connectivity index (χ3n) is 2.38. The van der Waals surface area contributed by atoms with Crippen molar-refractivity contribution in [1.29, 1.82) is 0 Å². The smallest absolute Gasteiger partial charge is 0.389 e. The molecule has 0 aromatic carbocycles. The number of carbonyl (C=O) groups is 1. The Balaban J connectivity index is 2.36. The van der Waals surface area contributed by atoms with Gasteiger partial charge in [0.05, 0.1) is 10.7 Å². The summed E-state index contributed by atoms with van der Waals surface area (Å²) in [5, 5.41) is 6.11.